The summed E-state index contributed by atoms with van der Waals surface area (Å²) in [7, 11) is 0. The zero-order valence-electron chi connectivity index (χ0n) is 10.0. The maximum absolute atomic E-state index is 5.80. The Morgan fingerprint density at radius 2 is 1.89 bits per heavy atom. The fourth-order valence-corrected chi connectivity index (χ4v) is 2.45. The van der Waals surface area contributed by atoms with Gasteiger partial charge < -0.3 is 10.6 Å². The molecule has 0 aliphatic rings. The summed E-state index contributed by atoms with van der Waals surface area (Å²) in [5, 5.41) is 3.54. The van der Waals surface area contributed by atoms with Crippen molar-refractivity contribution in [2.75, 3.05) is 0 Å². The van der Waals surface area contributed by atoms with Crippen molar-refractivity contribution in [1.82, 2.24) is 0 Å². The highest BCUT2D eigenvalue weighted by molar-refractivity contribution is 9.10. The lowest BCUT2D eigenvalue weighted by Crippen LogP contribution is -1.99. The van der Waals surface area contributed by atoms with Crippen molar-refractivity contribution in [3.05, 3.63) is 62.5 Å². The Morgan fingerprint density at radius 3 is 2.63 bits per heavy atom. The number of hydrogen-bond donors (Lipinski definition) is 1. The number of ether oxygens (including phenoxy) is 1. The zero-order valence-corrected chi connectivity index (χ0v) is 13.2. The number of benzene rings is 2. The van der Waals surface area contributed by atoms with Gasteiger partial charge in [-0.15, -0.1) is 0 Å². The molecule has 0 heterocycles. The standard InChI is InChI=1S/C14H12Br2N2O/c15-12-3-1-2-10(6-12)9-19-14-5-4-13(16)7-11(14)8-18-17/h1-8H,9,17H2. The quantitative estimate of drug-likeness (QED) is 0.491. The Hall–Kier alpha value is -1.33. The number of nitrogens with two attached hydrogens (primary N) is 1. The Bertz CT molecular complexity index is 600. The zero-order chi connectivity index (χ0) is 13.7. The molecule has 2 rings (SSSR count). The fraction of sp³-hybridized carbons (Fsp3) is 0.0714. The van der Waals surface area contributed by atoms with Crippen LogP contribution in [0, 0.1) is 0 Å². The summed E-state index contributed by atoms with van der Waals surface area (Å²) in [6.07, 6.45) is 1.57. The highest BCUT2D eigenvalue weighted by Gasteiger charge is 2.03. The number of hydrogen-bond acceptors (Lipinski definition) is 3. The van der Waals surface area contributed by atoms with Crippen LogP contribution < -0.4 is 10.6 Å². The predicted molar refractivity (Wildman–Crippen MR) is 84.4 cm³/mol. The van der Waals surface area contributed by atoms with E-state index in [4.69, 9.17) is 10.6 Å². The Labute approximate surface area is 128 Å². The van der Waals surface area contributed by atoms with Crippen LogP contribution in [0.1, 0.15) is 11.1 Å². The second kappa shape index (κ2) is 6.73. The van der Waals surface area contributed by atoms with Gasteiger partial charge in [-0.2, -0.15) is 5.10 Å². The Kier molecular flexibility index (Phi) is 4.99. The number of rotatable bonds is 4. The van der Waals surface area contributed by atoms with Crippen LogP contribution >= 0.6 is 31.9 Å². The van der Waals surface area contributed by atoms with Crippen molar-refractivity contribution in [2.45, 2.75) is 6.61 Å². The molecular formula is C14H12Br2N2O. The molecule has 2 aromatic carbocycles. The van der Waals surface area contributed by atoms with Gasteiger partial charge in [0.1, 0.15) is 12.4 Å². The highest BCUT2D eigenvalue weighted by Crippen LogP contribution is 2.23. The minimum Gasteiger partial charge on any atom is -0.488 e. The average molecular weight is 384 g/mol. The van der Waals surface area contributed by atoms with E-state index in [-0.39, 0.29) is 0 Å². The Balaban J connectivity index is 2.15. The molecular weight excluding hydrogens is 372 g/mol. The summed E-state index contributed by atoms with van der Waals surface area (Å²) in [4.78, 5) is 0. The SMILES string of the molecule is NN=Cc1cc(Br)ccc1OCc1cccc(Br)c1. The lowest BCUT2D eigenvalue weighted by Gasteiger charge is -2.09. The largest absolute Gasteiger partial charge is 0.488 e. The fourth-order valence-electron chi connectivity index (χ4n) is 1.62. The molecule has 5 heteroatoms. The van der Waals surface area contributed by atoms with Crippen LogP contribution in [0.25, 0.3) is 0 Å². The molecule has 0 saturated carbocycles. The number of nitrogens with zero attached hydrogens (tertiary/aromatic N) is 1. The van der Waals surface area contributed by atoms with Crippen molar-refractivity contribution >= 4 is 38.1 Å². The van der Waals surface area contributed by atoms with Crippen LogP contribution in [0.2, 0.25) is 0 Å². The third-order valence-electron chi connectivity index (χ3n) is 2.47. The van der Waals surface area contributed by atoms with E-state index >= 15 is 0 Å². The molecule has 0 aromatic heterocycles. The van der Waals surface area contributed by atoms with Gasteiger partial charge in [0, 0.05) is 14.5 Å². The first-order chi connectivity index (χ1) is 9.19. The van der Waals surface area contributed by atoms with Crippen LogP contribution in [0.3, 0.4) is 0 Å². The van der Waals surface area contributed by atoms with Gasteiger partial charge in [-0.3, -0.25) is 0 Å². The van der Waals surface area contributed by atoms with Crippen LogP contribution in [-0.4, -0.2) is 6.21 Å². The number of halogens is 2. The van der Waals surface area contributed by atoms with Gasteiger partial charge in [0.05, 0.1) is 6.21 Å². The molecule has 3 nitrogen and oxygen atoms in total. The minimum atomic E-state index is 0.493. The van der Waals surface area contributed by atoms with Gasteiger partial charge >= 0.3 is 0 Å². The van der Waals surface area contributed by atoms with E-state index < -0.39 is 0 Å². The smallest absolute Gasteiger partial charge is 0.128 e. The van der Waals surface area contributed by atoms with Gasteiger partial charge in [-0.25, -0.2) is 0 Å². The van der Waals surface area contributed by atoms with Gasteiger partial charge in [0.25, 0.3) is 0 Å². The summed E-state index contributed by atoms with van der Waals surface area (Å²) in [6.45, 7) is 0.493. The van der Waals surface area contributed by atoms with E-state index in [1.54, 1.807) is 6.21 Å². The lowest BCUT2D eigenvalue weighted by molar-refractivity contribution is 0.305. The minimum absolute atomic E-state index is 0.493. The molecule has 0 bridgehead atoms. The van der Waals surface area contributed by atoms with Crippen molar-refractivity contribution in [1.29, 1.82) is 0 Å². The van der Waals surface area contributed by atoms with E-state index in [1.165, 1.54) is 0 Å². The molecule has 0 aliphatic heterocycles. The molecule has 0 amide bonds. The van der Waals surface area contributed by atoms with E-state index in [2.05, 4.69) is 37.0 Å². The summed E-state index contributed by atoms with van der Waals surface area (Å²) >= 11 is 6.85. The molecule has 0 atom stereocenters. The highest BCUT2D eigenvalue weighted by atomic mass is 79.9. The molecule has 2 N–H and O–H groups in total. The van der Waals surface area contributed by atoms with E-state index in [9.17, 15) is 0 Å². The summed E-state index contributed by atoms with van der Waals surface area (Å²) in [6, 6.07) is 13.7. The molecule has 98 valence electrons. The van der Waals surface area contributed by atoms with Gasteiger partial charge in [0.2, 0.25) is 0 Å². The average Bonchev–Trinajstić information content (AvgIpc) is 2.38. The monoisotopic (exact) mass is 382 g/mol. The van der Waals surface area contributed by atoms with Crippen molar-refractivity contribution in [2.24, 2.45) is 10.9 Å². The van der Waals surface area contributed by atoms with Crippen LogP contribution in [0.15, 0.2) is 56.5 Å². The normalized spacial score (nSPS) is 10.8. The third kappa shape index (κ3) is 4.08. The Morgan fingerprint density at radius 1 is 1.11 bits per heavy atom. The molecule has 0 saturated heterocycles. The summed E-state index contributed by atoms with van der Waals surface area (Å²) in [5.74, 6) is 5.95. The molecule has 2 aromatic rings. The summed E-state index contributed by atoms with van der Waals surface area (Å²) < 4.78 is 7.79. The predicted octanol–water partition coefficient (Wildman–Crippen LogP) is 4.08. The number of hydrazone groups is 1. The van der Waals surface area contributed by atoms with Crippen LogP contribution in [0.4, 0.5) is 0 Å². The molecule has 0 radical (unpaired) electrons. The molecule has 0 aliphatic carbocycles. The molecule has 0 unspecified atom stereocenters. The van der Waals surface area contributed by atoms with E-state index in [0.29, 0.717) is 6.61 Å². The van der Waals surface area contributed by atoms with Crippen molar-refractivity contribution in [3.63, 3.8) is 0 Å². The molecule has 19 heavy (non-hydrogen) atoms. The topological polar surface area (TPSA) is 47.6 Å². The maximum Gasteiger partial charge on any atom is 0.128 e. The third-order valence-corrected chi connectivity index (χ3v) is 3.46. The maximum atomic E-state index is 5.80. The van der Waals surface area contributed by atoms with Crippen molar-refractivity contribution in [3.8, 4) is 5.75 Å². The van der Waals surface area contributed by atoms with Gasteiger partial charge in [0.15, 0.2) is 0 Å². The van der Waals surface area contributed by atoms with Gasteiger partial charge in [-0.05, 0) is 35.9 Å². The lowest BCUT2D eigenvalue weighted by atomic mass is 10.2. The second-order valence-corrected chi connectivity index (χ2v) is 5.71. The molecule has 0 spiro atoms. The first-order valence-electron chi connectivity index (χ1n) is 5.59. The van der Waals surface area contributed by atoms with Crippen LogP contribution in [-0.2, 0) is 6.61 Å². The van der Waals surface area contributed by atoms with E-state index in [0.717, 1.165) is 25.8 Å². The van der Waals surface area contributed by atoms with Crippen molar-refractivity contribution < 1.29 is 4.74 Å². The van der Waals surface area contributed by atoms with Gasteiger partial charge in [-0.1, -0.05) is 44.0 Å². The first-order valence-corrected chi connectivity index (χ1v) is 7.17. The molecule has 0 fully saturated rings. The summed E-state index contributed by atoms with van der Waals surface area (Å²) in [5.41, 5.74) is 1.93. The van der Waals surface area contributed by atoms with E-state index in [1.807, 2.05) is 42.5 Å². The first kappa shape index (κ1) is 14.1. The second-order valence-electron chi connectivity index (χ2n) is 3.88. The van der Waals surface area contributed by atoms with Crippen LogP contribution in [0.5, 0.6) is 5.75 Å².